The molecule has 1 aliphatic rings. The number of rotatable bonds is 2. The Morgan fingerprint density at radius 3 is 2.94 bits per heavy atom. The lowest BCUT2D eigenvalue weighted by Crippen LogP contribution is -2.38. The van der Waals surface area contributed by atoms with E-state index in [1.165, 1.54) is 0 Å². The summed E-state index contributed by atoms with van der Waals surface area (Å²) in [5, 5.41) is 3.00. The number of amides is 1. The summed E-state index contributed by atoms with van der Waals surface area (Å²) in [6.07, 6.45) is 3.35. The largest absolute Gasteiger partial charge is 0.386 e. The molecule has 0 radical (unpaired) electrons. The highest BCUT2D eigenvalue weighted by Crippen LogP contribution is 2.18. The Bertz CT molecular complexity index is 377. The number of nitrogens with one attached hydrogen (secondary N) is 1. The molecule has 0 aromatic carbocycles. The molecular weight excluding hydrogens is 222 g/mol. The maximum Gasteiger partial charge on any atom is 0.256 e. The van der Waals surface area contributed by atoms with E-state index in [9.17, 15) is 4.79 Å². The van der Waals surface area contributed by atoms with Crippen LogP contribution in [0, 0.1) is 0 Å². The Morgan fingerprint density at radius 2 is 2.25 bits per heavy atom. The minimum absolute atomic E-state index is 0.104. The van der Waals surface area contributed by atoms with Crippen molar-refractivity contribution >= 4 is 23.4 Å². The van der Waals surface area contributed by atoms with Crippen molar-refractivity contribution in [2.24, 2.45) is 0 Å². The molecule has 2 rings (SSSR count). The van der Waals surface area contributed by atoms with Crippen LogP contribution in [0.4, 0.5) is 5.69 Å². The number of carbonyl (C=O) groups is 1. The van der Waals surface area contributed by atoms with Crippen molar-refractivity contribution in [1.82, 2.24) is 9.88 Å². The fourth-order valence-corrected chi connectivity index (χ4v) is 2.62. The van der Waals surface area contributed by atoms with E-state index in [2.05, 4.69) is 10.3 Å². The molecule has 86 valence electrons. The molecule has 0 aliphatic carbocycles. The molecule has 0 bridgehead atoms. The van der Waals surface area contributed by atoms with Crippen LogP contribution in [0.1, 0.15) is 10.4 Å². The van der Waals surface area contributed by atoms with Crippen molar-refractivity contribution in [3.8, 4) is 0 Å². The third kappa shape index (κ3) is 2.29. The average molecular weight is 237 g/mol. The van der Waals surface area contributed by atoms with Gasteiger partial charge in [0.2, 0.25) is 0 Å². The highest BCUT2D eigenvalue weighted by atomic mass is 32.2. The van der Waals surface area contributed by atoms with Gasteiger partial charge in [-0.05, 0) is 6.07 Å². The summed E-state index contributed by atoms with van der Waals surface area (Å²) in [6.45, 7) is 1.68. The number of carbonyl (C=O) groups excluding carboxylic acids is 1. The second kappa shape index (κ2) is 5.21. The van der Waals surface area contributed by atoms with Crippen LogP contribution in [0.15, 0.2) is 18.5 Å². The van der Waals surface area contributed by atoms with Crippen LogP contribution in [-0.2, 0) is 0 Å². The summed E-state index contributed by atoms with van der Waals surface area (Å²) in [6, 6.07) is 1.77. The number of hydrogen-bond donors (Lipinski definition) is 1. The van der Waals surface area contributed by atoms with Gasteiger partial charge in [0.25, 0.3) is 5.91 Å². The molecule has 0 atom stereocenters. The lowest BCUT2D eigenvalue weighted by Gasteiger charge is -2.27. The summed E-state index contributed by atoms with van der Waals surface area (Å²) in [5.74, 6) is 2.17. The molecule has 1 N–H and O–H groups in total. The van der Waals surface area contributed by atoms with Crippen molar-refractivity contribution in [2.45, 2.75) is 0 Å². The van der Waals surface area contributed by atoms with Crippen LogP contribution in [0.3, 0.4) is 0 Å². The van der Waals surface area contributed by atoms with Crippen LogP contribution in [0.5, 0.6) is 0 Å². The molecular formula is C11H15N3OS. The second-order valence-corrected chi connectivity index (χ2v) is 4.80. The highest BCUT2D eigenvalue weighted by molar-refractivity contribution is 7.99. The standard InChI is InChI=1S/C11H15N3OS/c1-12-10-8-13-3-2-9(10)11(15)14-4-6-16-7-5-14/h2-3,8,12H,4-7H2,1H3. The third-order valence-electron chi connectivity index (χ3n) is 2.62. The molecule has 0 unspecified atom stereocenters. The molecule has 1 fully saturated rings. The minimum Gasteiger partial charge on any atom is -0.386 e. The predicted molar refractivity (Wildman–Crippen MR) is 67.0 cm³/mol. The van der Waals surface area contributed by atoms with Crippen LogP contribution in [-0.4, -0.2) is 47.4 Å². The van der Waals surface area contributed by atoms with Gasteiger partial charge in [-0.3, -0.25) is 9.78 Å². The van der Waals surface area contributed by atoms with E-state index < -0.39 is 0 Å². The first kappa shape index (κ1) is 11.3. The number of pyridine rings is 1. The first-order valence-electron chi connectivity index (χ1n) is 5.31. The van der Waals surface area contributed by atoms with Crippen molar-refractivity contribution in [3.63, 3.8) is 0 Å². The van der Waals surface area contributed by atoms with Gasteiger partial charge < -0.3 is 10.2 Å². The van der Waals surface area contributed by atoms with Gasteiger partial charge in [-0.2, -0.15) is 11.8 Å². The van der Waals surface area contributed by atoms with E-state index >= 15 is 0 Å². The van der Waals surface area contributed by atoms with Crippen molar-refractivity contribution in [3.05, 3.63) is 24.0 Å². The lowest BCUT2D eigenvalue weighted by atomic mass is 10.2. The lowest BCUT2D eigenvalue weighted by molar-refractivity contribution is 0.0773. The van der Waals surface area contributed by atoms with E-state index in [1.54, 1.807) is 25.5 Å². The Hall–Kier alpha value is -1.23. The zero-order chi connectivity index (χ0) is 11.4. The molecule has 16 heavy (non-hydrogen) atoms. The van der Waals surface area contributed by atoms with E-state index in [-0.39, 0.29) is 5.91 Å². The zero-order valence-electron chi connectivity index (χ0n) is 9.27. The molecule has 0 spiro atoms. The molecule has 1 aromatic rings. The second-order valence-electron chi connectivity index (χ2n) is 3.58. The molecule has 2 heterocycles. The Labute approximate surface area is 99.4 Å². The van der Waals surface area contributed by atoms with Gasteiger partial charge in [0.05, 0.1) is 17.4 Å². The number of anilines is 1. The van der Waals surface area contributed by atoms with Crippen molar-refractivity contribution in [2.75, 3.05) is 37.0 Å². The van der Waals surface area contributed by atoms with Gasteiger partial charge in [-0.1, -0.05) is 0 Å². The SMILES string of the molecule is CNc1cnccc1C(=O)N1CCSCC1. The van der Waals surface area contributed by atoms with Gasteiger partial charge in [0.1, 0.15) is 0 Å². The van der Waals surface area contributed by atoms with E-state index in [0.29, 0.717) is 5.56 Å². The predicted octanol–water partition coefficient (Wildman–Crippen LogP) is 1.31. The van der Waals surface area contributed by atoms with Gasteiger partial charge in [0, 0.05) is 37.8 Å². The summed E-state index contributed by atoms with van der Waals surface area (Å²) in [5.41, 5.74) is 1.51. The molecule has 1 aromatic heterocycles. The van der Waals surface area contributed by atoms with E-state index in [0.717, 1.165) is 30.3 Å². The average Bonchev–Trinajstić information content (AvgIpc) is 2.39. The van der Waals surface area contributed by atoms with Crippen molar-refractivity contribution < 1.29 is 4.79 Å². The first-order chi connectivity index (χ1) is 7.83. The van der Waals surface area contributed by atoms with E-state index in [1.807, 2.05) is 16.7 Å². The summed E-state index contributed by atoms with van der Waals surface area (Å²) in [4.78, 5) is 18.1. The van der Waals surface area contributed by atoms with Crippen molar-refractivity contribution in [1.29, 1.82) is 0 Å². The molecule has 4 nitrogen and oxygen atoms in total. The normalized spacial score (nSPS) is 15.9. The Balaban J connectivity index is 2.19. The fraction of sp³-hybridized carbons (Fsp3) is 0.455. The van der Waals surface area contributed by atoms with Crippen LogP contribution in [0.2, 0.25) is 0 Å². The first-order valence-corrected chi connectivity index (χ1v) is 6.47. The monoisotopic (exact) mass is 237 g/mol. The highest BCUT2D eigenvalue weighted by Gasteiger charge is 2.20. The smallest absolute Gasteiger partial charge is 0.256 e. The van der Waals surface area contributed by atoms with Crippen LogP contribution in [0.25, 0.3) is 0 Å². The molecule has 1 amide bonds. The maximum atomic E-state index is 12.2. The topological polar surface area (TPSA) is 45.2 Å². The third-order valence-corrected chi connectivity index (χ3v) is 3.56. The van der Waals surface area contributed by atoms with Gasteiger partial charge in [-0.25, -0.2) is 0 Å². The molecule has 1 saturated heterocycles. The number of nitrogens with zero attached hydrogens (tertiary/aromatic N) is 2. The number of hydrogen-bond acceptors (Lipinski definition) is 4. The molecule has 0 saturated carbocycles. The fourth-order valence-electron chi connectivity index (χ4n) is 1.72. The summed E-state index contributed by atoms with van der Waals surface area (Å²) < 4.78 is 0. The van der Waals surface area contributed by atoms with E-state index in [4.69, 9.17) is 0 Å². The zero-order valence-corrected chi connectivity index (χ0v) is 10.1. The summed E-state index contributed by atoms with van der Waals surface area (Å²) in [7, 11) is 1.81. The molecule has 5 heteroatoms. The summed E-state index contributed by atoms with van der Waals surface area (Å²) >= 11 is 1.90. The Morgan fingerprint density at radius 1 is 1.50 bits per heavy atom. The van der Waals surface area contributed by atoms with Crippen LogP contribution >= 0.6 is 11.8 Å². The van der Waals surface area contributed by atoms with Gasteiger partial charge in [0.15, 0.2) is 0 Å². The molecule has 1 aliphatic heterocycles. The minimum atomic E-state index is 0.104. The number of aromatic nitrogens is 1. The Kier molecular flexibility index (Phi) is 3.66. The maximum absolute atomic E-state index is 12.2. The van der Waals surface area contributed by atoms with Gasteiger partial charge >= 0.3 is 0 Å². The van der Waals surface area contributed by atoms with Crippen LogP contribution < -0.4 is 5.32 Å². The number of thioether (sulfide) groups is 1. The quantitative estimate of drug-likeness (QED) is 0.842. The van der Waals surface area contributed by atoms with Gasteiger partial charge in [-0.15, -0.1) is 0 Å².